The smallest absolute Gasteiger partial charge is 0.257 e. The Bertz CT molecular complexity index is 650. The fourth-order valence-electron chi connectivity index (χ4n) is 2.06. The van der Waals surface area contributed by atoms with Crippen molar-refractivity contribution in [2.75, 3.05) is 20.2 Å². The standard InChI is InChI=1S/C18H21NO3/c1-13-4-7-15(8-5-13)22-11-10-19(3)18(21)16-12-14(2)6-9-17(16)20/h4-9,12,20H,10-11H2,1-3H3. The van der Waals surface area contributed by atoms with Crippen molar-refractivity contribution >= 4 is 5.91 Å². The quantitative estimate of drug-likeness (QED) is 0.922. The van der Waals surface area contributed by atoms with E-state index < -0.39 is 0 Å². The lowest BCUT2D eigenvalue weighted by Crippen LogP contribution is -2.31. The Morgan fingerprint density at radius 3 is 2.41 bits per heavy atom. The van der Waals surface area contributed by atoms with Gasteiger partial charge in [-0.05, 0) is 38.1 Å². The molecule has 2 rings (SSSR count). The van der Waals surface area contributed by atoms with Crippen molar-refractivity contribution in [1.29, 1.82) is 0 Å². The van der Waals surface area contributed by atoms with Gasteiger partial charge in [0.15, 0.2) is 0 Å². The third kappa shape index (κ3) is 4.01. The summed E-state index contributed by atoms with van der Waals surface area (Å²) in [5.74, 6) is 0.570. The summed E-state index contributed by atoms with van der Waals surface area (Å²) in [5, 5.41) is 9.80. The number of rotatable bonds is 5. The van der Waals surface area contributed by atoms with E-state index in [9.17, 15) is 9.90 Å². The van der Waals surface area contributed by atoms with Crippen LogP contribution in [0.1, 0.15) is 21.5 Å². The average Bonchev–Trinajstić information content (AvgIpc) is 2.51. The van der Waals surface area contributed by atoms with E-state index in [0.29, 0.717) is 18.7 Å². The molecule has 2 aromatic rings. The number of likely N-dealkylation sites (N-methyl/N-ethyl adjacent to an activating group) is 1. The first-order valence-corrected chi connectivity index (χ1v) is 7.22. The molecule has 0 aliphatic rings. The van der Waals surface area contributed by atoms with Crippen LogP contribution < -0.4 is 4.74 Å². The maximum Gasteiger partial charge on any atom is 0.257 e. The molecular formula is C18H21NO3. The second-order valence-corrected chi connectivity index (χ2v) is 5.41. The lowest BCUT2D eigenvalue weighted by atomic mass is 10.1. The van der Waals surface area contributed by atoms with Crippen molar-refractivity contribution in [3.05, 3.63) is 59.2 Å². The summed E-state index contributed by atoms with van der Waals surface area (Å²) in [5.41, 5.74) is 2.43. The van der Waals surface area contributed by atoms with Gasteiger partial charge in [0.2, 0.25) is 0 Å². The summed E-state index contributed by atoms with van der Waals surface area (Å²) in [7, 11) is 1.70. The summed E-state index contributed by atoms with van der Waals surface area (Å²) in [6.45, 7) is 4.75. The molecule has 4 nitrogen and oxygen atoms in total. The Kier molecular flexibility index (Phi) is 5.04. The molecule has 0 aromatic heterocycles. The molecule has 116 valence electrons. The number of phenols is 1. The molecule has 0 unspecified atom stereocenters. The highest BCUT2D eigenvalue weighted by Crippen LogP contribution is 2.19. The second kappa shape index (κ2) is 6.98. The van der Waals surface area contributed by atoms with Gasteiger partial charge in [-0.25, -0.2) is 0 Å². The van der Waals surface area contributed by atoms with E-state index in [0.717, 1.165) is 11.3 Å². The van der Waals surface area contributed by atoms with Crippen LogP contribution in [0.2, 0.25) is 0 Å². The molecular weight excluding hydrogens is 278 g/mol. The number of benzene rings is 2. The second-order valence-electron chi connectivity index (χ2n) is 5.41. The van der Waals surface area contributed by atoms with Crippen molar-refractivity contribution in [3.63, 3.8) is 0 Å². The molecule has 0 aliphatic carbocycles. The molecule has 0 fully saturated rings. The number of nitrogens with zero attached hydrogens (tertiary/aromatic N) is 1. The van der Waals surface area contributed by atoms with Crippen LogP contribution in [0.25, 0.3) is 0 Å². The molecule has 0 saturated carbocycles. The zero-order valence-corrected chi connectivity index (χ0v) is 13.2. The van der Waals surface area contributed by atoms with E-state index >= 15 is 0 Å². The molecule has 0 spiro atoms. The van der Waals surface area contributed by atoms with E-state index in [1.807, 2.05) is 38.1 Å². The van der Waals surface area contributed by atoms with Gasteiger partial charge in [0.05, 0.1) is 12.1 Å². The molecule has 2 aromatic carbocycles. The minimum absolute atomic E-state index is 0.00176. The van der Waals surface area contributed by atoms with E-state index in [2.05, 4.69) is 0 Å². The summed E-state index contributed by atoms with van der Waals surface area (Å²) in [6.07, 6.45) is 0. The van der Waals surface area contributed by atoms with Crippen LogP contribution in [-0.2, 0) is 0 Å². The Labute approximate surface area is 131 Å². The molecule has 0 atom stereocenters. The van der Waals surface area contributed by atoms with Crippen LogP contribution in [0.15, 0.2) is 42.5 Å². The molecule has 1 amide bonds. The normalized spacial score (nSPS) is 10.3. The van der Waals surface area contributed by atoms with Crippen molar-refractivity contribution in [2.45, 2.75) is 13.8 Å². The maximum atomic E-state index is 12.3. The lowest BCUT2D eigenvalue weighted by molar-refractivity contribution is 0.0770. The van der Waals surface area contributed by atoms with Gasteiger partial charge in [0.1, 0.15) is 18.1 Å². The van der Waals surface area contributed by atoms with Gasteiger partial charge in [0, 0.05) is 7.05 Å². The number of carbonyl (C=O) groups is 1. The van der Waals surface area contributed by atoms with Crippen molar-refractivity contribution in [2.24, 2.45) is 0 Å². The molecule has 0 bridgehead atoms. The van der Waals surface area contributed by atoms with Gasteiger partial charge in [0.25, 0.3) is 5.91 Å². The van der Waals surface area contributed by atoms with Crippen LogP contribution in [0.4, 0.5) is 0 Å². The summed E-state index contributed by atoms with van der Waals surface area (Å²) in [4.78, 5) is 13.9. The third-order valence-electron chi connectivity index (χ3n) is 3.45. The Morgan fingerprint density at radius 2 is 1.73 bits per heavy atom. The predicted octanol–water partition coefficient (Wildman–Crippen LogP) is 3.16. The Hall–Kier alpha value is -2.49. The van der Waals surface area contributed by atoms with E-state index in [1.165, 1.54) is 5.56 Å². The number of amides is 1. The lowest BCUT2D eigenvalue weighted by Gasteiger charge is -2.18. The first-order chi connectivity index (χ1) is 10.5. The van der Waals surface area contributed by atoms with Gasteiger partial charge in [-0.3, -0.25) is 4.79 Å². The van der Waals surface area contributed by atoms with Gasteiger partial charge in [-0.15, -0.1) is 0 Å². The van der Waals surface area contributed by atoms with Crippen LogP contribution in [0.3, 0.4) is 0 Å². The highest BCUT2D eigenvalue weighted by Gasteiger charge is 2.15. The largest absolute Gasteiger partial charge is 0.507 e. The minimum Gasteiger partial charge on any atom is -0.507 e. The van der Waals surface area contributed by atoms with Crippen LogP contribution in [-0.4, -0.2) is 36.1 Å². The monoisotopic (exact) mass is 299 g/mol. The highest BCUT2D eigenvalue weighted by molar-refractivity contribution is 5.96. The Morgan fingerprint density at radius 1 is 1.09 bits per heavy atom. The fraction of sp³-hybridized carbons (Fsp3) is 0.278. The van der Waals surface area contributed by atoms with Gasteiger partial charge in [-0.1, -0.05) is 29.3 Å². The minimum atomic E-state index is -0.214. The van der Waals surface area contributed by atoms with Gasteiger partial charge < -0.3 is 14.7 Å². The summed E-state index contributed by atoms with van der Waals surface area (Å²) in [6, 6.07) is 12.8. The van der Waals surface area contributed by atoms with Crippen LogP contribution >= 0.6 is 0 Å². The SMILES string of the molecule is Cc1ccc(OCCN(C)C(=O)c2cc(C)ccc2O)cc1. The van der Waals surface area contributed by atoms with Crippen molar-refractivity contribution in [1.82, 2.24) is 4.90 Å². The molecule has 0 aliphatic heterocycles. The van der Waals surface area contributed by atoms with E-state index in [4.69, 9.17) is 4.74 Å². The first kappa shape index (κ1) is 15.9. The maximum absolute atomic E-state index is 12.3. The fourth-order valence-corrected chi connectivity index (χ4v) is 2.06. The number of aromatic hydroxyl groups is 1. The van der Waals surface area contributed by atoms with Crippen LogP contribution in [0.5, 0.6) is 11.5 Å². The zero-order chi connectivity index (χ0) is 16.1. The molecule has 0 saturated heterocycles. The zero-order valence-electron chi connectivity index (χ0n) is 13.2. The number of hydrogen-bond acceptors (Lipinski definition) is 3. The number of carbonyl (C=O) groups excluding carboxylic acids is 1. The number of hydrogen-bond donors (Lipinski definition) is 1. The van der Waals surface area contributed by atoms with Crippen LogP contribution in [0, 0.1) is 13.8 Å². The van der Waals surface area contributed by atoms with Gasteiger partial charge in [-0.2, -0.15) is 0 Å². The number of ether oxygens (including phenoxy) is 1. The summed E-state index contributed by atoms with van der Waals surface area (Å²) >= 11 is 0. The highest BCUT2D eigenvalue weighted by atomic mass is 16.5. The van der Waals surface area contributed by atoms with Gasteiger partial charge >= 0.3 is 0 Å². The molecule has 22 heavy (non-hydrogen) atoms. The first-order valence-electron chi connectivity index (χ1n) is 7.22. The van der Waals surface area contributed by atoms with Crippen molar-refractivity contribution in [3.8, 4) is 11.5 Å². The summed E-state index contributed by atoms with van der Waals surface area (Å²) < 4.78 is 5.62. The Balaban J connectivity index is 1.91. The predicted molar refractivity (Wildman–Crippen MR) is 86.5 cm³/mol. The molecule has 0 heterocycles. The topological polar surface area (TPSA) is 49.8 Å². The molecule has 0 radical (unpaired) electrons. The molecule has 1 N–H and O–H groups in total. The average molecular weight is 299 g/mol. The van der Waals surface area contributed by atoms with E-state index in [-0.39, 0.29) is 11.7 Å². The van der Waals surface area contributed by atoms with E-state index in [1.54, 1.807) is 30.1 Å². The number of phenolic OH excluding ortho intramolecular Hbond substituents is 1. The third-order valence-corrected chi connectivity index (χ3v) is 3.45. The molecule has 4 heteroatoms. The number of aryl methyl sites for hydroxylation is 2. The van der Waals surface area contributed by atoms with Crippen molar-refractivity contribution < 1.29 is 14.6 Å².